The third kappa shape index (κ3) is 10.3. The molecule has 0 aliphatic heterocycles. The molecule has 0 fully saturated rings. The summed E-state index contributed by atoms with van der Waals surface area (Å²) in [4.78, 5) is 0. The second-order valence-corrected chi connectivity index (χ2v) is 3.55. The third-order valence-electron chi connectivity index (χ3n) is 1.84. The van der Waals surface area contributed by atoms with Gasteiger partial charge in [0.15, 0.2) is 0 Å². The Kier molecular flexibility index (Phi) is 11.6. The van der Waals surface area contributed by atoms with Gasteiger partial charge in [0.25, 0.3) is 0 Å². The van der Waals surface area contributed by atoms with E-state index >= 15 is 0 Å². The highest BCUT2D eigenvalue weighted by Crippen LogP contribution is 2.02. The van der Waals surface area contributed by atoms with Crippen LogP contribution < -0.4 is 0 Å². The minimum Gasteiger partial charge on any atom is -0.381 e. The normalized spacial score (nSPS) is 10.5. The van der Waals surface area contributed by atoms with E-state index in [1.807, 2.05) is 0 Å². The van der Waals surface area contributed by atoms with Gasteiger partial charge < -0.3 is 4.74 Å². The zero-order chi connectivity index (χ0) is 9.07. The molecule has 0 N–H and O–H groups in total. The van der Waals surface area contributed by atoms with E-state index in [4.69, 9.17) is 4.74 Å². The smallest absolute Gasteiger partial charge is 0.0473 e. The van der Waals surface area contributed by atoms with Crippen LogP contribution >= 0.6 is 12.6 Å². The quantitative estimate of drug-likeness (QED) is 0.433. The highest BCUT2D eigenvalue weighted by atomic mass is 32.1. The second kappa shape index (κ2) is 11.3. The van der Waals surface area contributed by atoms with Crippen LogP contribution in [0.4, 0.5) is 0 Å². The minimum absolute atomic E-state index is 0.886. The average Bonchev–Trinajstić information content (AvgIpc) is 2.10. The first-order chi connectivity index (χ1) is 5.91. The Balaban J connectivity index is 2.73. The van der Waals surface area contributed by atoms with E-state index in [-0.39, 0.29) is 0 Å². The van der Waals surface area contributed by atoms with Gasteiger partial charge in [-0.1, -0.05) is 32.6 Å². The van der Waals surface area contributed by atoms with E-state index in [1.54, 1.807) is 0 Å². The lowest BCUT2D eigenvalue weighted by atomic mass is 10.2. The maximum absolute atomic E-state index is 5.41. The highest BCUT2D eigenvalue weighted by molar-refractivity contribution is 7.80. The lowest BCUT2D eigenvalue weighted by molar-refractivity contribution is 0.131. The van der Waals surface area contributed by atoms with Crippen molar-refractivity contribution in [2.45, 2.75) is 45.4 Å². The van der Waals surface area contributed by atoms with Gasteiger partial charge in [-0.2, -0.15) is 12.6 Å². The molecule has 2 heteroatoms. The number of thiol groups is 1. The molecule has 74 valence electrons. The summed E-state index contributed by atoms with van der Waals surface area (Å²) in [5, 5.41) is 0. The maximum atomic E-state index is 5.41. The van der Waals surface area contributed by atoms with Crippen LogP contribution in [0.1, 0.15) is 45.4 Å². The molecule has 0 saturated carbocycles. The van der Waals surface area contributed by atoms with Crippen molar-refractivity contribution in [3.05, 3.63) is 0 Å². The first-order valence-corrected chi connectivity index (χ1v) is 5.73. The fraction of sp³-hybridized carbons (Fsp3) is 1.00. The summed E-state index contributed by atoms with van der Waals surface area (Å²) in [6, 6.07) is 0. The van der Waals surface area contributed by atoms with Gasteiger partial charge in [0, 0.05) is 13.2 Å². The molecule has 0 rings (SSSR count). The van der Waals surface area contributed by atoms with Gasteiger partial charge in [0.2, 0.25) is 0 Å². The zero-order valence-electron chi connectivity index (χ0n) is 8.22. The Morgan fingerprint density at radius 1 is 0.917 bits per heavy atom. The Morgan fingerprint density at radius 2 is 1.58 bits per heavy atom. The Hall–Kier alpha value is 0.310. The van der Waals surface area contributed by atoms with Crippen molar-refractivity contribution in [3.8, 4) is 0 Å². The molecule has 12 heavy (non-hydrogen) atoms. The minimum atomic E-state index is 0.886. The van der Waals surface area contributed by atoms with Crippen LogP contribution in [0, 0.1) is 0 Å². The predicted octanol–water partition coefficient (Wildman–Crippen LogP) is 3.29. The van der Waals surface area contributed by atoms with E-state index in [2.05, 4.69) is 19.6 Å². The molecule has 0 atom stereocenters. The van der Waals surface area contributed by atoms with E-state index in [0.717, 1.165) is 25.4 Å². The first kappa shape index (κ1) is 12.3. The Labute approximate surface area is 82.3 Å². The summed E-state index contributed by atoms with van der Waals surface area (Å²) in [5.74, 6) is 0.940. The van der Waals surface area contributed by atoms with Gasteiger partial charge in [-0.3, -0.25) is 0 Å². The molecule has 0 aliphatic carbocycles. The number of unbranched alkanes of at least 4 members (excludes halogenated alkanes) is 4. The van der Waals surface area contributed by atoms with Crippen molar-refractivity contribution in [2.75, 3.05) is 19.0 Å². The molecule has 0 saturated heterocycles. The largest absolute Gasteiger partial charge is 0.381 e. The molecule has 1 nitrogen and oxygen atoms in total. The fourth-order valence-corrected chi connectivity index (χ4v) is 1.21. The van der Waals surface area contributed by atoms with Crippen LogP contribution in [0.15, 0.2) is 0 Å². The van der Waals surface area contributed by atoms with Gasteiger partial charge in [-0.05, 0) is 18.6 Å². The molecule has 0 aromatic carbocycles. The lowest BCUT2D eigenvalue weighted by Gasteiger charge is -2.02. The summed E-state index contributed by atoms with van der Waals surface area (Å²) in [6.07, 6.45) is 7.70. The van der Waals surface area contributed by atoms with Crippen LogP contribution in [0.2, 0.25) is 0 Å². The fourth-order valence-electron chi connectivity index (χ4n) is 1.08. The summed E-state index contributed by atoms with van der Waals surface area (Å²) in [7, 11) is 0. The molecule has 0 heterocycles. The molecule has 0 spiro atoms. The summed E-state index contributed by atoms with van der Waals surface area (Å²) < 4.78 is 5.41. The highest BCUT2D eigenvalue weighted by Gasteiger charge is 1.89. The average molecular weight is 190 g/mol. The van der Waals surface area contributed by atoms with Crippen LogP contribution in [0.5, 0.6) is 0 Å². The third-order valence-corrected chi connectivity index (χ3v) is 2.16. The van der Waals surface area contributed by atoms with E-state index < -0.39 is 0 Å². The van der Waals surface area contributed by atoms with Crippen molar-refractivity contribution in [2.24, 2.45) is 0 Å². The lowest BCUT2D eigenvalue weighted by Crippen LogP contribution is -1.97. The molecule has 0 aliphatic rings. The van der Waals surface area contributed by atoms with Gasteiger partial charge in [-0.25, -0.2) is 0 Å². The number of rotatable bonds is 9. The van der Waals surface area contributed by atoms with Crippen molar-refractivity contribution in [1.29, 1.82) is 0 Å². The van der Waals surface area contributed by atoms with Crippen molar-refractivity contribution >= 4 is 12.6 Å². The molecule has 0 aromatic heterocycles. The van der Waals surface area contributed by atoms with Crippen LogP contribution in [0.25, 0.3) is 0 Å². The van der Waals surface area contributed by atoms with Crippen LogP contribution in [-0.4, -0.2) is 19.0 Å². The predicted molar refractivity (Wildman–Crippen MR) is 58.0 cm³/mol. The van der Waals surface area contributed by atoms with Gasteiger partial charge >= 0.3 is 0 Å². The molecule has 0 unspecified atom stereocenters. The molecule has 0 amide bonds. The molecule has 0 bridgehead atoms. The van der Waals surface area contributed by atoms with Crippen LogP contribution in [0.3, 0.4) is 0 Å². The van der Waals surface area contributed by atoms with Gasteiger partial charge in [0.1, 0.15) is 0 Å². The monoisotopic (exact) mass is 190 g/mol. The Bertz CT molecular complexity index is 66.2. The van der Waals surface area contributed by atoms with E-state index in [1.165, 1.54) is 32.1 Å². The summed E-state index contributed by atoms with van der Waals surface area (Å²) in [6.45, 7) is 4.07. The molecule has 0 aromatic rings. The summed E-state index contributed by atoms with van der Waals surface area (Å²) >= 11 is 4.11. The van der Waals surface area contributed by atoms with Crippen LogP contribution in [-0.2, 0) is 4.74 Å². The molecular weight excluding hydrogens is 168 g/mol. The Morgan fingerprint density at radius 3 is 2.25 bits per heavy atom. The topological polar surface area (TPSA) is 9.23 Å². The first-order valence-electron chi connectivity index (χ1n) is 5.10. The van der Waals surface area contributed by atoms with Gasteiger partial charge in [0.05, 0.1) is 0 Å². The van der Waals surface area contributed by atoms with E-state index in [0.29, 0.717) is 0 Å². The van der Waals surface area contributed by atoms with Gasteiger partial charge in [-0.15, -0.1) is 0 Å². The van der Waals surface area contributed by atoms with E-state index in [9.17, 15) is 0 Å². The maximum Gasteiger partial charge on any atom is 0.0473 e. The SMILES string of the molecule is CCCCCCCOCCCS. The number of hydrogen-bond donors (Lipinski definition) is 1. The molecule has 0 radical (unpaired) electrons. The summed E-state index contributed by atoms with van der Waals surface area (Å²) in [5.41, 5.74) is 0. The molecular formula is C10H22OS. The standard InChI is InChI=1S/C10H22OS/c1-2-3-4-5-6-8-11-9-7-10-12/h12H,2-10H2,1H3. The second-order valence-electron chi connectivity index (χ2n) is 3.10. The van der Waals surface area contributed by atoms with Crippen molar-refractivity contribution in [1.82, 2.24) is 0 Å². The number of hydrogen-bond acceptors (Lipinski definition) is 2. The zero-order valence-corrected chi connectivity index (χ0v) is 9.11. The van der Waals surface area contributed by atoms with Crippen molar-refractivity contribution < 1.29 is 4.74 Å². The van der Waals surface area contributed by atoms with Crippen molar-refractivity contribution in [3.63, 3.8) is 0 Å². The number of ether oxygens (including phenoxy) is 1.